The van der Waals surface area contributed by atoms with Crippen molar-refractivity contribution in [1.29, 1.82) is 0 Å². The monoisotopic (exact) mass is 388 g/mol. The number of para-hydroxylation sites is 1. The van der Waals surface area contributed by atoms with E-state index in [0.29, 0.717) is 24.7 Å². The molecule has 7 heteroatoms. The number of pyridine rings is 1. The second-order valence-corrected chi connectivity index (χ2v) is 6.50. The minimum Gasteiger partial charge on any atom is -0.489 e. The fourth-order valence-corrected chi connectivity index (χ4v) is 2.82. The van der Waals surface area contributed by atoms with E-state index in [9.17, 15) is 4.79 Å². The van der Waals surface area contributed by atoms with E-state index in [-0.39, 0.29) is 11.7 Å². The third-order valence-electron chi connectivity index (χ3n) is 4.36. The van der Waals surface area contributed by atoms with Crippen molar-refractivity contribution < 1.29 is 13.9 Å². The van der Waals surface area contributed by atoms with Gasteiger partial charge >= 0.3 is 0 Å². The smallest absolute Gasteiger partial charge is 0.292 e. The summed E-state index contributed by atoms with van der Waals surface area (Å²) in [6.07, 6.45) is 5.28. The van der Waals surface area contributed by atoms with Crippen molar-refractivity contribution in [3.05, 3.63) is 95.8 Å². The summed E-state index contributed by atoms with van der Waals surface area (Å²) in [5, 5.41) is 7.14. The summed E-state index contributed by atoms with van der Waals surface area (Å²) >= 11 is 0. The summed E-state index contributed by atoms with van der Waals surface area (Å²) < 4.78 is 13.1. The van der Waals surface area contributed by atoms with Crippen molar-refractivity contribution in [2.45, 2.75) is 20.1 Å². The largest absolute Gasteiger partial charge is 0.489 e. The topological polar surface area (TPSA) is 82.2 Å². The molecule has 4 aromatic rings. The van der Waals surface area contributed by atoms with Crippen LogP contribution in [0.25, 0.3) is 0 Å². The van der Waals surface area contributed by atoms with Gasteiger partial charge in [-0.2, -0.15) is 5.10 Å². The Morgan fingerprint density at radius 2 is 1.93 bits per heavy atom. The van der Waals surface area contributed by atoms with E-state index >= 15 is 0 Å². The van der Waals surface area contributed by atoms with E-state index in [1.54, 1.807) is 29.2 Å². The molecule has 0 saturated heterocycles. The molecule has 0 aliphatic heterocycles. The first-order valence-electron chi connectivity index (χ1n) is 9.18. The van der Waals surface area contributed by atoms with Crippen molar-refractivity contribution in [3.8, 4) is 5.75 Å². The number of nitrogens with zero attached hydrogens (tertiary/aromatic N) is 3. The Hall–Kier alpha value is -3.87. The van der Waals surface area contributed by atoms with Crippen LogP contribution in [0.3, 0.4) is 0 Å². The van der Waals surface area contributed by atoms with Gasteiger partial charge in [-0.1, -0.05) is 18.2 Å². The van der Waals surface area contributed by atoms with E-state index in [1.165, 1.54) is 0 Å². The average Bonchev–Trinajstić information content (AvgIpc) is 3.34. The van der Waals surface area contributed by atoms with Gasteiger partial charge in [-0.25, -0.2) is 0 Å². The zero-order chi connectivity index (χ0) is 20.1. The van der Waals surface area contributed by atoms with Crippen LogP contribution in [0.15, 0.2) is 77.6 Å². The lowest BCUT2D eigenvalue weighted by Crippen LogP contribution is -2.12. The number of rotatable bonds is 7. The molecular weight excluding hydrogens is 368 g/mol. The number of benzene rings is 1. The molecule has 0 bridgehead atoms. The maximum Gasteiger partial charge on any atom is 0.292 e. The molecule has 0 fully saturated rings. The first-order valence-corrected chi connectivity index (χ1v) is 9.18. The van der Waals surface area contributed by atoms with Crippen molar-refractivity contribution >= 4 is 11.7 Å². The van der Waals surface area contributed by atoms with Crippen LogP contribution in [0.5, 0.6) is 5.75 Å². The molecule has 4 rings (SSSR count). The van der Waals surface area contributed by atoms with Gasteiger partial charge in [0.25, 0.3) is 5.91 Å². The molecule has 0 spiro atoms. The molecule has 0 aliphatic rings. The number of carbonyl (C=O) groups is 1. The minimum atomic E-state index is -0.353. The molecule has 29 heavy (non-hydrogen) atoms. The number of hydrogen-bond acceptors (Lipinski definition) is 5. The van der Waals surface area contributed by atoms with Gasteiger partial charge in [-0.3, -0.25) is 14.5 Å². The molecule has 0 atom stereocenters. The normalized spacial score (nSPS) is 10.7. The molecule has 3 heterocycles. The highest BCUT2D eigenvalue weighted by atomic mass is 16.5. The Bertz CT molecular complexity index is 1090. The van der Waals surface area contributed by atoms with Gasteiger partial charge < -0.3 is 14.5 Å². The number of anilines is 1. The van der Waals surface area contributed by atoms with Gasteiger partial charge in [-0.15, -0.1) is 0 Å². The van der Waals surface area contributed by atoms with Gasteiger partial charge in [0.2, 0.25) is 0 Å². The number of amides is 1. The number of nitrogens with one attached hydrogen (secondary N) is 1. The van der Waals surface area contributed by atoms with Crippen molar-refractivity contribution in [3.63, 3.8) is 0 Å². The van der Waals surface area contributed by atoms with Crippen LogP contribution in [0.1, 0.15) is 27.4 Å². The Kier molecular flexibility index (Phi) is 5.38. The van der Waals surface area contributed by atoms with Crippen molar-refractivity contribution in [2.75, 3.05) is 5.32 Å². The lowest BCUT2D eigenvalue weighted by Gasteiger charge is -2.04. The summed E-state index contributed by atoms with van der Waals surface area (Å²) in [4.78, 5) is 16.5. The summed E-state index contributed by atoms with van der Waals surface area (Å²) in [7, 11) is 0. The summed E-state index contributed by atoms with van der Waals surface area (Å²) in [6.45, 7) is 2.73. The zero-order valence-electron chi connectivity index (χ0n) is 15.9. The van der Waals surface area contributed by atoms with Crippen molar-refractivity contribution in [2.24, 2.45) is 0 Å². The molecule has 1 aromatic carbocycles. The quantitative estimate of drug-likeness (QED) is 0.516. The second kappa shape index (κ2) is 8.43. The number of furan rings is 1. The lowest BCUT2D eigenvalue weighted by molar-refractivity contribution is 0.0995. The SMILES string of the molecule is Cc1oc(C(=O)Nc2ccn(Cc3ccncc3)n2)cc1COc1ccccc1. The highest BCUT2D eigenvalue weighted by molar-refractivity contribution is 6.01. The van der Waals surface area contributed by atoms with Crippen LogP contribution >= 0.6 is 0 Å². The Labute approximate surface area is 168 Å². The summed E-state index contributed by atoms with van der Waals surface area (Å²) in [6, 6.07) is 16.8. The Morgan fingerprint density at radius 1 is 1.14 bits per heavy atom. The number of ether oxygens (including phenoxy) is 1. The Balaban J connectivity index is 1.37. The highest BCUT2D eigenvalue weighted by Gasteiger charge is 2.16. The maximum atomic E-state index is 12.5. The summed E-state index contributed by atoms with van der Waals surface area (Å²) in [5.41, 5.74) is 1.90. The third kappa shape index (κ3) is 4.70. The molecule has 1 amide bonds. The standard InChI is InChI=1S/C22H20N4O3/c1-16-18(15-28-19-5-3-2-4-6-19)13-20(29-16)22(27)24-21-9-12-26(25-21)14-17-7-10-23-11-8-17/h2-13H,14-15H2,1H3,(H,24,25,27). The minimum absolute atomic E-state index is 0.220. The molecule has 0 unspecified atom stereocenters. The second-order valence-electron chi connectivity index (χ2n) is 6.50. The van der Waals surface area contributed by atoms with E-state index in [4.69, 9.17) is 9.15 Å². The molecule has 3 aromatic heterocycles. The molecule has 0 aliphatic carbocycles. The molecule has 146 valence electrons. The molecule has 7 nitrogen and oxygen atoms in total. The number of aryl methyl sites for hydroxylation is 1. The van der Waals surface area contributed by atoms with Crippen LogP contribution < -0.4 is 10.1 Å². The Morgan fingerprint density at radius 3 is 2.72 bits per heavy atom. The van der Waals surface area contributed by atoms with Gasteiger partial charge in [0.05, 0.1) is 6.54 Å². The van der Waals surface area contributed by atoms with Gasteiger partial charge in [0.1, 0.15) is 18.1 Å². The molecule has 1 N–H and O–H groups in total. The van der Waals surface area contributed by atoms with E-state index in [0.717, 1.165) is 16.9 Å². The number of carbonyl (C=O) groups excluding carboxylic acids is 1. The van der Waals surface area contributed by atoms with E-state index in [2.05, 4.69) is 15.4 Å². The summed E-state index contributed by atoms with van der Waals surface area (Å²) in [5.74, 6) is 1.74. The predicted octanol–water partition coefficient (Wildman–Crippen LogP) is 4.06. The van der Waals surface area contributed by atoms with Crippen LogP contribution in [0, 0.1) is 6.92 Å². The molecule has 0 saturated carbocycles. The fourth-order valence-electron chi connectivity index (χ4n) is 2.82. The first-order chi connectivity index (χ1) is 14.2. The average molecular weight is 388 g/mol. The van der Waals surface area contributed by atoms with Gasteiger partial charge in [0.15, 0.2) is 11.6 Å². The highest BCUT2D eigenvalue weighted by Crippen LogP contribution is 2.19. The number of aromatic nitrogens is 3. The van der Waals surface area contributed by atoms with Crippen LogP contribution in [0.2, 0.25) is 0 Å². The van der Waals surface area contributed by atoms with E-state index in [1.807, 2.05) is 55.6 Å². The predicted molar refractivity (Wildman–Crippen MR) is 108 cm³/mol. The third-order valence-corrected chi connectivity index (χ3v) is 4.36. The first kappa shape index (κ1) is 18.5. The lowest BCUT2D eigenvalue weighted by atomic mass is 10.2. The van der Waals surface area contributed by atoms with Gasteiger partial charge in [-0.05, 0) is 42.8 Å². The van der Waals surface area contributed by atoms with Gasteiger partial charge in [0, 0.05) is 30.2 Å². The van der Waals surface area contributed by atoms with Crippen LogP contribution in [-0.2, 0) is 13.2 Å². The molecule has 0 radical (unpaired) electrons. The van der Waals surface area contributed by atoms with Crippen LogP contribution in [0.4, 0.5) is 5.82 Å². The van der Waals surface area contributed by atoms with E-state index < -0.39 is 0 Å². The van der Waals surface area contributed by atoms with Crippen LogP contribution in [-0.4, -0.2) is 20.7 Å². The maximum absolute atomic E-state index is 12.5. The molecular formula is C22H20N4O3. The van der Waals surface area contributed by atoms with Crippen molar-refractivity contribution in [1.82, 2.24) is 14.8 Å². The fraction of sp³-hybridized carbons (Fsp3) is 0.136. The number of hydrogen-bond donors (Lipinski definition) is 1. The zero-order valence-corrected chi connectivity index (χ0v) is 15.9.